The van der Waals surface area contributed by atoms with E-state index in [2.05, 4.69) is 9.97 Å². The lowest BCUT2D eigenvalue weighted by atomic mass is 10.2. The second-order valence-corrected chi connectivity index (χ2v) is 7.04. The average Bonchev–Trinajstić information content (AvgIpc) is 2.52. The molecule has 1 atom stereocenters. The molecule has 0 amide bonds. The Morgan fingerprint density at radius 1 is 1.17 bits per heavy atom. The smallest absolute Gasteiger partial charge is 0.268 e. The van der Waals surface area contributed by atoms with E-state index in [0.29, 0.717) is 12.4 Å². The van der Waals surface area contributed by atoms with Gasteiger partial charge in [-0.05, 0) is 24.5 Å². The van der Waals surface area contributed by atoms with E-state index < -0.39 is 15.4 Å². The molecule has 1 heterocycles. The van der Waals surface area contributed by atoms with Crippen molar-refractivity contribution < 1.29 is 17.7 Å². The number of aryl methyl sites for hydroxylation is 1. The van der Waals surface area contributed by atoms with Gasteiger partial charge in [0.25, 0.3) is 10.1 Å². The van der Waals surface area contributed by atoms with Crippen LogP contribution in [0.3, 0.4) is 0 Å². The van der Waals surface area contributed by atoms with Gasteiger partial charge in [0.05, 0.1) is 11.9 Å². The Labute approximate surface area is 136 Å². The Hall–Kier alpha value is -1.83. The first-order valence-electron chi connectivity index (χ1n) is 7.30. The van der Waals surface area contributed by atoms with Crippen LogP contribution in [0.4, 0.5) is 0 Å². The molecule has 0 fully saturated rings. The van der Waals surface area contributed by atoms with E-state index in [4.69, 9.17) is 4.74 Å². The summed E-state index contributed by atoms with van der Waals surface area (Å²) in [7, 11) is -4.18. The second-order valence-electron chi connectivity index (χ2n) is 5.34. The summed E-state index contributed by atoms with van der Waals surface area (Å²) in [6.45, 7) is 2.48. The summed E-state index contributed by atoms with van der Waals surface area (Å²) in [5.74, 6) is 0.390. The van der Waals surface area contributed by atoms with E-state index in [9.17, 15) is 13.0 Å². The zero-order valence-corrected chi connectivity index (χ0v) is 13.7. The molecule has 0 unspecified atom stereocenters. The normalized spacial score (nSPS) is 13.0. The molecule has 7 heteroatoms. The van der Waals surface area contributed by atoms with E-state index in [1.165, 1.54) is 0 Å². The molecule has 23 heavy (non-hydrogen) atoms. The number of aromatic nitrogens is 2. The molecule has 1 aromatic heterocycles. The molecular formula is C16H20N2O4S. The van der Waals surface area contributed by atoms with E-state index in [1.807, 2.05) is 37.3 Å². The van der Waals surface area contributed by atoms with Crippen LogP contribution in [-0.2, 0) is 27.9 Å². The number of benzene rings is 1. The Bertz CT molecular complexity index is 703. The Morgan fingerprint density at radius 3 is 2.43 bits per heavy atom. The predicted octanol–water partition coefficient (Wildman–Crippen LogP) is 2.19. The molecule has 0 saturated carbocycles. The highest BCUT2D eigenvalue weighted by Gasteiger charge is 2.24. The van der Waals surface area contributed by atoms with E-state index in [-0.39, 0.29) is 19.4 Å². The molecule has 0 aliphatic carbocycles. The quantitative estimate of drug-likeness (QED) is 0.587. The van der Waals surface area contributed by atoms with Crippen LogP contribution < -0.4 is 0 Å². The lowest BCUT2D eigenvalue weighted by Crippen LogP contribution is -2.25. The van der Waals surface area contributed by atoms with Crippen molar-refractivity contribution in [2.24, 2.45) is 0 Å². The number of nitrogens with zero attached hydrogens (tertiary/aromatic N) is 2. The van der Waals surface area contributed by atoms with E-state index in [0.717, 1.165) is 11.1 Å². The van der Waals surface area contributed by atoms with Gasteiger partial charge in [0, 0.05) is 25.4 Å². The van der Waals surface area contributed by atoms with Gasteiger partial charge in [0.15, 0.2) is 0 Å². The Kier molecular flexibility index (Phi) is 6.20. The Balaban J connectivity index is 1.88. The van der Waals surface area contributed by atoms with Gasteiger partial charge in [-0.15, -0.1) is 0 Å². The molecule has 0 spiro atoms. The number of hydrogen-bond donors (Lipinski definition) is 1. The average molecular weight is 336 g/mol. The molecular weight excluding hydrogens is 316 g/mol. The lowest BCUT2D eigenvalue weighted by molar-refractivity contribution is 0.117. The second kappa shape index (κ2) is 8.14. The maximum Gasteiger partial charge on any atom is 0.268 e. The number of rotatable bonds is 8. The fourth-order valence-electron chi connectivity index (χ4n) is 2.06. The van der Waals surface area contributed by atoms with E-state index in [1.54, 1.807) is 12.4 Å². The summed E-state index contributed by atoms with van der Waals surface area (Å²) in [6.07, 6.45) is 3.49. The van der Waals surface area contributed by atoms with Crippen molar-refractivity contribution in [3.8, 4) is 0 Å². The molecule has 6 nitrogen and oxygen atoms in total. The molecule has 2 rings (SSSR count). The molecule has 0 aliphatic rings. The minimum Gasteiger partial charge on any atom is -0.377 e. The van der Waals surface area contributed by atoms with Crippen molar-refractivity contribution in [1.29, 1.82) is 0 Å². The minimum atomic E-state index is -4.18. The van der Waals surface area contributed by atoms with Gasteiger partial charge < -0.3 is 4.74 Å². The Morgan fingerprint density at radius 2 is 1.83 bits per heavy atom. The predicted molar refractivity (Wildman–Crippen MR) is 86.5 cm³/mol. The topological polar surface area (TPSA) is 89.4 Å². The van der Waals surface area contributed by atoms with Gasteiger partial charge in [-0.3, -0.25) is 4.55 Å². The third-order valence-electron chi connectivity index (χ3n) is 3.36. The molecule has 1 aromatic carbocycles. The molecule has 1 N–H and O–H groups in total. The largest absolute Gasteiger partial charge is 0.377 e. The molecule has 2 aromatic rings. The van der Waals surface area contributed by atoms with E-state index >= 15 is 0 Å². The van der Waals surface area contributed by atoms with Crippen LogP contribution >= 0.6 is 0 Å². The monoisotopic (exact) mass is 336 g/mol. The maximum atomic E-state index is 11.5. The van der Waals surface area contributed by atoms with Crippen molar-refractivity contribution in [3.05, 3.63) is 59.7 Å². The summed E-state index contributed by atoms with van der Waals surface area (Å²) in [6, 6.07) is 9.60. The van der Waals surface area contributed by atoms with Gasteiger partial charge in [0.1, 0.15) is 5.82 Å². The van der Waals surface area contributed by atoms with Gasteiger partial charge in [-0.1, -0.05) is 30.3 Å². The van der Waals surface area contributed by atoms with Crippen molar-refractivity contribution in [2.45, 2.75) is 31.6 Å². The highest BCUT2D eigenvalue weighted by molar-refractivity contribution is 7.86. The highest BCUT2D eigenvalue weighted by Crippen LogP contribution is 2.11. The molecule has 0 radical (unpaired) electrons. The summed E-state index contributed by atoms with van der Waals surface area (Å²) in [5, 5.41) is -0.971. The first kappa shape index (κ1) is 17.5. The summed E-state index contributed by atoms with van der Waals surface area (Å²) >= 11 is 0. The minimum absolute atomic E-state index is 0.0633. The van der Waals surface area contributed by atoms with Gasteiger partial charge >= 0.3 is 0 Å². The van der Waals surface area contributed by atoms with Crippen LogP contribution in [-0.4, -0.2) is 34.8 Å². The lowest BCUT2D eigenvalue weighted by Gasteiger charge is -2.13. The van der Waals surface area contributed by atoms with Crippen molar-refractivity contribution in [3.63, 3.8) is 0 Å². The van der Waals surface area contributed by atoms with Crippen LogP contribution in [0.15, 0.2) is 42.7 Å². The number of hydrogen-bond acceptors (Lipinski definition) is 5. The van der Waals surface area contributed by atoms with Crippen molar-refractivity contribution in [2.75, 3.05) is 6.61 Å². The first-order chi connectivity index (χ1) is 10.9. The fourth-order valence-corrected chi connectivity index (χ4v) is 2.82. The van der Waals surface area contributed by atoms with Crippen LogP contribution in [0.1, 0.15) is 23.4 Å². The molecule has 0 bridgehead atoms. The summed E-state index contributed by atoms with van der Waals surface area (Å²) in [4.78, 5) is 8.16. The molecule has 0 aliphatic heterocycles. The summed E-state index contributed by atoms with van der Waals surface area (Å²) in [5.41, 5.74) is 1.90. The zero-order valence-electron chi connectivity index (χ0n) is 12.9. The standard InChI is InChI=1S/C16H20N2O4S/c1-13-10-17-16(18-11-13)9-15(23(19,20)21)7-8-22-12-14-5-3-2-4-6-14/h2-6,10-11,15H,7-9,12H2,1H3,(H,19,20,21)/t15-/m1/s1. The van der Waals surface area contributed by atoms with Crippen LogP contribution in [0.25, 0.3) is 0 Å². The third kappa shape index (κ3) is 6.05. The van der Waals surface area contributed by atoms with Crippen molar-refractivity contribution in [1.82, 2.24) is 9.97 Å². The fraction of sp³-hybridized carbons (Fsp3) is 0.375. The highest BCUT2D eigenvalue weighted by atomic mass is 32.2. The molecule has 0 saturated heterocycles. The first-order valence-corrected chi connectivity index (χ1v) is 8.81. The van der Waals surface area contributed by atoms with Crippen molar-refractivity contribution >= 4 is 10.1 Å². The van der Waals surface area contributed by atoms with Gasteiger partial charge in [-0.2, -0.15) is 8.42 Å². The summed E-state index contributed by atoms with van der Waals surface area (Å²) < 4.78 is 37.9. The van der Waals surface area contributed by atoms with Gasteiger partial charge in [-0.25, -0.2) is 9.97 Å². The SMILES string of the molecule is Cc1cnc(C[C@@H](CCOCc2ccccc2)S(=O)(=O)O)nc1. The maximum absolute atomic E-state index is 11.5. The van der Waals surface area contributed by atoms with Gasteiger partial charge in [0.2, 0.25) is 0 Å². The third-order valence-corrected chi connectivity index (χ3v) is 4.61. The van der Waals surface area contributed by atoms with Crippen LogP contribution in [0, 0.1) is 6.92 Å². The molecule has 124 valence electrons. The zero-order chi connectivity index (χ0) is 16.7. The van der Waals surface area contributed by atoms with Crippen LogP contribution in [0.2, 0.25) is 0 Å². The van der Waals surface area contributed by atoms with Crippen LogP contribution in [0.5, 0.6) is 0 Å². The number of ether oxygens (including phenoxy) is 1.